The van der Waals surface area contributed by atoms with Crippen molar-refractivity contribution >= 4 is 11.7 Å². The Morgan fingerprint density at radius 3 is 3.00 bits per heavy atom. The Bertz CT molecular complexity index is 717. The standard InChI is InChI=1S/C16H21N5O3/c1-10-6-12(11(2)14(7-10)23-3)19-16(22)21-4-5-24-8-13(21)15-17-9-18-20-15/h6-7,9,13H,4-5,8H2,1-3H3,(H,19,22)(H,17,18,20)/t13-/m1/s1. The molecular formula is C16H21N5O3. The average Bonchev–Trinajstić information content (AvgIpc) is 3.12. The molecule has 1 aliphatic rings. The maximum atomic E-state index is 12.8. The first-order valence-electron chi connectivity index (χ1n) is 7.76. The Labute approximate surface area is 140 Å². The molecule has 128 valence electrons. The van der Waals surface area contributed by atoms with Crippen LogP contribution < -0.4 is 10.1 Å². The van der Waals surface area contributed by atoms with Crippen molar-refractivity contribution in [3.63, 3.8) is 0 Å². The number of aryl methyl sites for hydroxylation is 1. The topological polar surface area (TPSA) is 92.4 Å². The van der Waals surface area contributed by atoms with E-state index in [4.69, 9.17) is 9.47 Å². The molecule has 2 aromatic rings. The van der Waals surface area contributed by atoms with E-state index < -0.39 is 0 Å². The fourth-order valence-electron chi connectivity index (χ4n) is 2.80. The number of rotatable bonds is 3. The molecule has 1 fully saturated rings. The van der Waals surface area contributed by atoms with Crippen LogP contribution in [-0.4, -0.2) is 53.0 Å². The smallest absolute Gasteiger partial charge is 0.322 e. The van der Waals surface area contributed by atoms with Crippen molar-refractivity contribution in [3.05, 3.63) is 35.4 Å². The van der Waals surface area contributed by atoms with Crippen LogP contribution in [0, 0.1) is 13.8 Å². The molecule has 0 bridgehead atoms. The quantitative estimate of drug-likeness (QED) is 0.898. The van der Waals surface area contributed by atoms with Crippen LogP contribution >= 0.6 is 0 Å². The molecule has 0 radical (unpaired) electrons. The van der Waals surface area contributed by atoms with Gasteiger partial charge in [0, 0.05) is 17.8 Å². The van der Waals surface area contributed by atoms with Crippen molar-refractivity contribution < 1.29 is 14.3 Å². The number of benzene rings is 1. The summed E-state index contributed by atoms with van der Waals surface area (Å²) in [5.74, 6) is 1.36. The van der Waals surface area contributed by atoms with E-state index in [0.29, 0.717) is 25.6 Å². The van der Waals surface area contributed by atoms with Gasteiger partial charge in [0.05, 0.1) is 20.3 Å². The van der Waals surface area contributed by atoms with Crippen molar-refractivity contribution in [2.24, 2.45) is 0 Å². The third-order valence-electron chi connectivity index (χ3n) is 4.10. The minimum absolute atomic E-state index is 0.199. The Morgan fingerprint density at radius 1 is 1.46 bits per heavy atom. The number of carbonyl (C=O) groups is 1. The number of ether oxygens (including phenoxy) is 2. The molecule has 1 aliphatic heterocycles. The number of nitrogens with one attached hydrogen (secondary N) is 2. The Balaban J connectivity index is 1.82. The first-order chi connectivity index (χ1) is 11.6. The third-order valence-corrected chi connectivity index (χ3v) is 4.10. The summed E-state index contributed by atoms with van der Waals surface area (Å²) in [6.45, 7) is 5.25. The number of aromatic nitrogens is 3. The van der Waals surface area contributed by atoms with E-state index in [0.717, 1.165) is 22.6 Å². The first-order valence-corrected chi connectivity index (χ1v) is 7.76. The van der Waals surface area contributed by atoms with Gasteiger partial charge in [0.1, 0.15) is 23.9 Å². The molecule has 0 saturated carbocycles. The van der Waals surface area contributed by atoms with Gasteiger partial charge in [-0.05, 0) is 31.5 Å². The summed E-state index contributed by atoms with van der Waals surface area (Å²) in [5.41, 5.74) is 2.64. The highest BCUT2D eigenvalue weighted by molar-refractivity contribution is 5.91. The fourth-order valence-corrected chi connectivity index (χ4v) is 2.80. The SMILES string of the molecule is COc1cc(C)cc(NC(=O)N2CCOC[C@@H]2c2ncn[nH]2)c1C. The second kappa shape index (κ2) is 6.88. The lowest BCUT2D eigenvalue weighted by atomic mass is 10.1. The van der Waals surface area contributed by atoms with E-state index in [-0.39, 0.29) is 12.1 Å². The van der Waals surface area contributed by atoms with E-state index >= 15 is 0 Å². The van der Waals surface area contributed by atoms with Gasteiger partial charge in [-0.1, -0.05) is 0 Å². The lowest BCUT2D eigenvalue weighted by Crippen LogP contribution is -2.46. The number of urea groups is 1. The van der Waals surface area contributed by atoms with Crippen molar-refractivity contribution in [1.29, 1.82) is 0 Å². The van der Waals surface area contributed by atoms with Crippen LogP contribution in [0.15, 0.2) is 18.5 Å². The zero-order valence-corrected chi connectivity index (χ0v) is 14.0. The van der Waals surface area contributed by atoms with Gasteiger partial charge in [-0.2, -0.15) is 5.10 Å². The fraction of sp³-hybridized carbons (Fsp3) is 0.438. The molecule has 0 unspecified atom stereocenters. The highest BCUT2D eigenvalue weighted by Crippen LogP contribution is 2.29. The number of aromatic amines is 1. The number of hydrogen-bond acceptors (Lipinski definition) is 5. The zero-order chi connectivity index (χ0) is 17.1. The number of methoxy groups -OCH3 is 1. The summed E-state index contributed by atoms with van der Waals surface area (Å²) >= 11 is 0. The molecule has 8 nitrogen and oxygen atoms in total. The molecule has 2 N–H and O–H groups in total. The zero-order valence-electron chi connectivity index (χ0n) is 14.0. The molecule has 1 aromatic carbocycles. The van der Waals surface area contributed by atoms with Gasteiger partial charge in [0.25, 0.3) is 0 Å². The second-order valence-corrected chi connectivity index (χ2v) is 5.72. The third kappa shape index (κ3) is 3.18. The Kier molecular flexibility index (Phi) is 4.66. The molecule has 8 heteroatoms. The molecule has 1 atom stereocenters. The van der Waals surface area contributed by atoms with Crippen molar-refractivity contribution in [1.82, 2.24) is 20.1 Å². The Hall–Kier alpha value is -2.61. The summed E-state index contributed by atoms with van der Waals surface area (Å²) < 4.78 is 10.9. The predicted octanol–water partition coefficient (Wildman–Crippen LogP) is 2.04. The van der Waals surface area contributed by atoms with Crippen LogP contribution in [0.25, 0.3) is 0 Å². The molecule has 0 aliphatic carbocycles. The number of anilines is 1. The van der Waals surface area contributed by atoms with E-state index in [9.17, 15) is 4.79 Å². The number of amides is 2. The van der Waals surface area contributed by atoms with E-state index in [1.54, 1.807) is 12.0 Å². The van der Waals surface area contributed by atoms with Gasteiger partial charge in [-0.3, -0.25) is 5.10 Å². The maximum absolute atomic E-state index is 12.8. The highest BCUT2D eigenvalue weighted by atomic mass is 16.5. The summed E-state index contributed by atoms with van der Waals surface area (Å²) in [6.07, 6.45) is 1.43. The van der Waals surface area contributed by atoms with Crippen LogP contribution in [0.4, 0.5) is 10.5 Å². The summed E-state index contributed by atoms with van der Waals surface area (Å²) in [7, 11) is 1.62. The van der Waals surface area contributed by atoms with Gasteiger partial charge in [0.15, 0.2) is 0 Å². The molecule has 0 spiro atoms. The normalized spacial score (nSPS) is 17.6. The molecule has 1 saturated heterocycles. The molecule has 2 heterocycles. The predicted molar refractivity (Wildman–Crippen MR) is 88.1 cm³/mol. The molecular weight excluding hydrogens is 310 g/mol. The molecule has 24 heavy (non-hydrogen) atoms. The van der Waals surface area contributed by atoms with Crippen LogP contribution in [-0.2, 0) is 4.74 Å². The lowest BCUT2D eigenvalue weighted by Gasteiger charge is -2.34. The summed E-state index contributed by atoms with van der Waals surface area (Å²) in [4.78, 5) is 18.6. The summed E-state index contributed by atoms with van der Waals surface area (Å²) in [5, 5.41) is 9.65. The minimum Gasteiger partial charge on any atom is -0.496 e. The molecule has 3 rings (SSSR count). The lowest BCUT2D eigenvalue weighted by molar-refractivity contribution is 0.0118. The first kappa shape index (κ1) is 16.3. The Morgan fingerprint density at radius 2 is 2.29 bits per heavy atom. The molecule has 1 aromatic heterocycles. The monoisotopic (exact) mass is 331 g/mol. The second-order valence-electron chi connectivity index (χ2n) is 5.72. The highest BCUT2D eigenvalue weighted by Gasteiger charge is 2.31. The summed E-state index contributed by atoms with van der Waals surface area (Å²) in [6, 6.07) is 3.39. The van der Waals surface area contributed by atoms with Crippen LogP contribution in [0.2, 0.25) is 0 Å². The minimum atomic E-state index is -0.284. The van der Waals surface area contributed by atoms with Crippen LogP contribution in [0.5, 0.6) is 5.75 Å². The number of hydrogen-bond donors (Lipinski definition) is 2. The van der Waals surface area contributed by atoms with Gasteiger partial charge >= 0.3 is 6.03 Å². The van der Waals surface area contributed by atoms with Crippen LogP contribution in [0.3, 0.4) is 0 Å². The average molecular weight is 331 g/mol. The van der Waals surface area contributed by atoms with Gasteiger partial charge in [0.2, 0.25) is 0 Å². The van der Waals surface area contributed by atoms with Crippen molar-refractivity contribution in [2.75, 3.05) is 32.2 Å². The molecule has 2 amide bonds. The number of H-pyrrole nitrogens is 1. The number of nitrogens with zero attached hydrogens (tertiary/aromatic N) is 3. The maximum Gasteiger partial charge on any atom is 0.322 e. The van der Waals surface area contributed by atoms with Gasteiger partial charge in [-0.15, -0.1) is 0 Å². The van der Waals surface area contributed by atoms with Crippen LogP contribution in [0.1, 0.15) is 23.0 Å². The van der Waals surface area contributed by atoms with E-state index in [1.807, 2.05) is 26.0 Å². The van der Waals surface area contributed by atoms with E-state index in [2.05, 4.69) is 20.5 Å². The van der Waals surface area contributed by atoms with Gasteiger partial charge < -0.3 is 19.7 Å². The number of carbonyl (C=O) groups excluding carboxylic acids is 1. The number of morpholine rings is 1. The van der Waals surface area contributed by atoms with E-state index in [1.165, 1.54) is 6.33 Å². The van der Waals surface area contributed by atoms with Crippen molar-refractivity contribution in [3.8, 4) is 5.75 Å². The van der Waals surface area contributed by atoms with Gasteiger partial charge in [-0.25, -0.2) is 9.78 Å². The van der Waals surface area contributed by atoms with Crippen molar-refractivity contribution in [2.45, 2.75) is 19.9 Å². The largest absolute Gasteiger partial charge is 0.496 e.